The molecule has 6 atom stereocenters. The number of epoxide rings is 1. The van der Waals surface area contributed by atoms with Crippen molar-refractivity contribution >= 4 is 62.8 Å². The molecule has 0 aromatic heterocycles. The summed E-state index contributed by atoms with van der Waals surface area (Å²) in [7, 11) is 5.06. The smallest absolute Gasteiger partial charge is 0.347 e. The highest BCUT2D eigenvalue weighted by atomic mass is 35.5. The number of nitrogens with one attached hydrogen (secondary N) is 2. The first-order valence-corrected chi connectivity index (χ1v) is 25.2. The van der Waals surface area contributed by atoms with Crippen molar-refractivity contribution in [1.29, 1.82) is 0 Å². The molecule has 0 aliphatic carbocycles. The molecule has 2 N–H and O–H groups in total. The molecule has 5 rings (SSSR count). The molecule has 2 aromatic carbocycles. The maximum atomic E-state index is 13.9. The molecule has 2 fully saturated rings. The van der Waals surface area contributed by atoms with Gasteiger partial charge in [0.15, 0.2) is 6.10 Å². The number of rotatable bonds is 15. The van der Waals surface area contributed by atoms with Crippen molar-refractivity contribution < 1.29 is 42.9 Å². The molecule has 64 heavy (non-hydrogen) atoms. The van der Waals surface area contributed by atoms with Gasteiger partial charge < -0.3 is 34.5 Å². The Kier molecular flexibility index (Phi) is 18.5. The Bertz CT molecular complexity index is 1970. The Labute approximate surface area is 392 Å². The van der Waals surface area contributed by atoms with Crippen LogP contribution in [0.3, 0.4) is 0 Å². The van der Waals surface area contributed by atoms with Crippen molar-refractivity contribution in [3.05, 3.63) is 76.3 Å². The molecular weight excluding hydrogens is 876 g/mol. The third-order valence-corrected chi connectivity index (χ3v) is 14.9. The predicted molar refractivity (Wildman–Crippen MR) is 253 cm³/mol. The Hall–Kier alpha value is -3.76. The van der Waals surface area contributed by atoms with Crippen LogP contribution in [0.25, 0.3) is 0 Å². The highest BCUT2D eigenvalue weighted by Gasteiger charge is 2.48. The number of amides is 3. The summed E-state index contributed by atoms with van der Waals surface area (Å²) in [6.45, 7) is 17.2. The maximum Gasteiger partial charge on any atom is 0.347 e. The quantitative estimate of drug-likeness (QED) is 0.104. The van der Waals surface area contributed by atoms with E-state index in [1.807, 2.05) is 36.5 Å². The number of methoxy groups -OCH3 is 1. The van der Waals surface area contributed by atoms with Gasteiger partial charge in [0, 0.05) is 69.2 Å². The number of carbonyl (C=O) groups is 5. The van der Waals surface area contributed by atoms with E-state index in [4.69, 9.17) is 30.5 Å². The van der Waals surface area contributed by atoms with Crippen LogP contribution in [0.1, 0.15) is 96.9 Å². The van der Waals surface area contributed by atoms with Gasteiger partial charge in [0.25, 0.3) is 0 Å². The number of carbonyl (C=O) groups excluding carboxylic acids is 5. The number of benzene rings is 2. The molecular formula is C48H67ClN4O9S2. The summed E-state index contributed by atoms with van der Waals surface area (Å²) in [5.74, 6) is -1.97. The zero-order valence-electron chi connectivity index (χ0n) is 38.8. The summed E-state index contributed by atoms with van der Waals surface area (Å²) < 4.78 is 23.6. The molecule has 3 heterocycles. The van der Waals surface area contributed by atoms with Crippen LogP contribution in [0.15, 0.2) is 54.6 Å². The molecule has 3 aliphatic rings. The second-order valence-corrected chi connectivity index (χ2v) is 22.3. The normalized spacial score (nSPS) is 24.4. The molecule has 2 aromatic rings. The van der Waals surface area contributed by atoms with E-state index in [-0.39, 0.29) is 60.5 Å². The summed E-state index contributed by atoms with van der Waals surface area (Å²) in [4.78, 5) is 71.8. The Morgan fingerprint density at radius 1 is 1.00 bits per heavy atom. The molecule has 0 bridgehead atoms. The molecule has 0 unspecified atom stereocenters. The van der Waals surface area contributed by atoms with Gasteiger partial charge in [-0.25, -0.2) is 4.79 Å². The van der Waals surface area contributed by atoms with Gasteiger partial charge in [0.05, 0.1) is 23.7 Å². The highest BCUT2D eigenvalue weighted by molar-refractivity contribution is 8.76. The number of hydrogen-bond acceptors (Lipinski definition) is 12. The molecule has 352 valence electrons. The molecule has 13 nitrogen and oxygen atoms in total. The van der Waals surface area contributed by atoms with E-state index in [9.17, 15) is 24.0 Å². The van der Waals surface area contributed by atoms with Crippen molar-refractivity contribution in [2.24, 2.45) is 17.3 Å². The third-order valence-electron chi connectivity index (χ3n) is 12.0. The van der Waals surface area contributed by atoms with Gasteiger partial charge in [0.1, 0.15) is 24.0 Å². The fourth-order valence-corrected chi connectivity index (χ4v) is 10.4. The lowest BCUT2D eigenvalue weighted by Gasteiger charge is -2.35. The minimum Gasteiger partial charge on any atom is -0.495 e. The number of halogens is 1. The first kappa shape index (κ1) is 51.2. The maximum absolute atomic E-state index is 13.9. The summed E-state index contributed by atoms with van der Waals surface area (Å²) in [6, 6.07) is 12.5. The lowest BCUT2D eigenvalue weighted by Crippen LogP contribution is -2.51. The van der Waals surface area contributed by atoms with Crippen LogP contribution < -0.4 is 15.4 Å². The number of nitrogens with zero attached hydrogens (tertiary/aromatic N) is 2. The van der Waals surface area contributed by atoms with Crippen molar-refractivity contribution in [2.45, 2.75) is 122 Å². The minimum atomic E-state index is -1.23. The van der Waals surface area contributed by atoms with Crippen LogP contribution >= 0.6 is 33.2 Å². The molecule has 3 amide bonds. The van der Waals surface area contributed by atoms with Crippen molar-refractivity contribution in [1.82, 2.24) is 20.4 Å². The van der Waals surface area contributed by atoms with E-state index in [1.165, 1.54) is 18.7 Å². The van der Waals surface area contributed by atoms with Gasteiger partial charge in [-0.15, -0.1) is 0 Å². The van der Waals surface area contributed by atoms with Gasteiger partial charge in [-0.05, 0) is 87.6 Å². The van der Waals surface area contributed by atoms with E-state index in [0.29, 0.717) is 22.8 Å². The Balaban J connectivity index is 1.25. The molecule has 3 aliphatic heterocycles. The second kappa shape index (κ2) is 23.1. The lowest BCUT2D eigenvalue weighted by molar-refractivity contribution is -0.179. The van der Waals surface area contributed by atoms with Gasteiger partial charge in [-0.2, -0.15) is 0 Å². The van der Waals surface area contributed by atoms with Gasteiger partial charge in [-0.1, -0.05) is 90.4 Å². The zero-order chi connectivity index (χ0) is 46.8. The Morgan fingerprint density at radius 3 is 2.33 bits per heavy atom. The largest absolute Gasteiger partial charge is 0.495 e. The zero-order valence-corrected chi connectivity index (χ0v) is 41.2. The average molecular weight is 944 g/mol. The van der Waals surface area contributed by atoms with Crippen molar-refractivity contribution in [3.8, 4) is 5.75 Å². The van der Waals surface area contributed by atoms with Gasteiger partial charge >= 0.3 is 11.9 Å². The lowest BCUT2D eigenvalue weighted by atomic mass is 9.92. The number of ether oxygens (including phenoxy) is 4. The van der Waals surface area contributed by atoms with Crippen molar-refractivity contribution in [3.63, 3.8) is 0 Å². The van der Waals surface area contributed by atoms with Crippen LogP contribution in [0.2, 0.25) is 5.02 Å². The number of piperazine rings is 1. The fraction of sp³-hybridized carbons (Fsp3) is 0.604. The van der Waals surface area contributed by atoms with E-state index in [2.05, 4.69) is 59.9 Å². The van der Waals surface area contributed by atoms with Crippen molar-refractivity contribution in [2.75, 3.05) is 46.1 Å². The first-order chi connectivity index (χ1) is 30.3. The number of hydrogen-bond donors (Lipinski definition) is 2. The van der Waals surface area contributed by atoms with Crippen LogP contribution in [0.4, 0.5) is 0 Å². The van der Waals surface area contributed by atoms with E-state index in [1.54, 1.807) is 48.9 Å². The fourth-order valence-electron chi connectivity index (χ4n) is 7.88. The van der Waals surface area contributed by atoms with Crippen LogP contribution in [-0.2, 0) is 51.1 Å². The standard InChI is InChI=1S/C48H67ClN4O9S2/c1-30(2)25-39-45(57)60-37(11-10-12-40(54)51-36(27-33-15-18-38(59-8)35(49)26-33)44(56)50-29-47(4,5)46(58)61-39)31(3)42-43(62-42)34-16-13-32(14-17-34)28-52-21-23-53(24-22-52)41(55)19-20-48(6,7)64-63-9/h10,12-18,26,30-31,36-37,39,42-43H,11,19-25,27-29H2,1-9H3,(H,50,56)(H,51,54)/t31-,36+,37-,39-,42+,43+/m0/s1. The average Bonchev–Trinajstić information content (AvgIpc) is 4.05. The van der Waals surface area contributed by atoms with E-state index >= 15 is 0 Å². The summed E-state index contributed by atoms with van der Waals surface area (Å²) in [6.07, 6.45) is 4.56. The SMILES string of the molecule is COc1ccc(C[C@H]2NC(=O)C=CC[C@@H]([C@H](C)[C@H]3O[C@@H]3c3ccc(CN4CCN(C(=O)CCC(C)(C)SSC)CC4)cc3)OC(=O)[C@H](CC(C)C)OC(=O)C(C)(C)CNC2=O)cc1Cl. The Morgan fingerprint density at radius 2 is 1.69 bits per heavy atom. The monoisotopic (exact) mass is 942 g/mol. The molecule has 2 saturated heterocycles. The van der Waals surface area contributed by atoms with Gasteiger partial charge in [0.2, 0.25) is 17.7 Å². The van der Waals surface area contributed by atoms with Crippen LogP contribution in [0.5, 0.6) is 5.75 Å². The summed E-state index contributed by atoms with van der Waals surface area (Å²) in [5, 5.41) is 5.95. The topological polar surface area (TPSA) is 156 Å². The molecule has 0 spiro atoms. The minimum absolute atomic E-state index is 0.00463. The molecule has 0 radical (unpaired) electrons. The third kappa shape index (κ3) is 14.9. The van der Waals surface area contributed by atoms with E-state index in [0.717, 1.165) is 44.7 Å². The van der Waals surface area contributed by atoms with Crippen LogP contribution in [-0.4, -0.2) is 115 Å². The van der Waals surface area contributed by atoms with Gasteiger partial charge in [-0.3, -0.25) is 24.1 Å². The summed E-state index contributed by atoms with van der Waals surface area (Å²) in [5.41, 5.74) is 1.63. The molecule has 16 heteroatoms. The second-order valence-electron chi connectivity index (χ2n) is 18.8. The molecule has 0 saturated carbocycles. The summed E-state index contributed by atoms with van der Waals surface area (Å²) >= 11 is 6.38. The highest BCUT2D eigenvalue weighted by Crippen LogP contribution is 2.45. The number of cyclic esters (lactones) is 2. The number of esters is 2. The predicted octanol–water partition coefficient (Wildman–Crippen LogP) is 7.34. The van der Waals surface area contributed by atoms with Crippen LogP contribution in [0, 0.1) is 17.3 Å². The first-order valence-electron chi connectivity index (χ1n) is 22.2. The van der Waals surface area contributed by atoms with E-state index < -0.39 is 47.4 Å².